The Morgan fingerprint density at radius 2 is 1.28 bits per heavy atom. The molecule has 1 aromatic carbocycles. The third kappa shape index (κ3) is 23.2. The van der Waals surface area contributed by atoms with Crippen LogP contribution in [0.5, 0.6) is 0 Å². The number of methoxy groups -OCH3 is 1. The number of halogens is 1. The number of aryl methyl sites for hydroxylation is 1. The molecular formula is C30H56INO6P+. The van der Waals surface area contributed by atoms with E-state index in [1.54, 1.807) is 7.11 Å². The van der Waals surface area contributed by atoms with Gasteiger partial charge in [0, 0.05) is 17.3 Å². The molecule has 0 aliphatic carbocycles. The van der Waals surface area contributed by atoms with E-state index < -0.39 is 13.9 Å². The van der Waals surface area contributed by atoms with Crippen molar-refractivity contribution in [3.8, 4) is 0 Å². The summed E-state index contributed by atoms with van der Waals surface area (Å²) < 4.78 is 35.1. The minimum atomic E-state index is -4.08. The highest BCUT2D eigenvalue weighted by molar-refractivity contribution is 14.1. The number of phosphoric ester groups is 1. The molecule has 0 saturated carbocycles. The van der Waals surface area contributed by atoms with E-state index in [4.69, 9.17) is 18.5 Å². The monoisotopic (exact) mass is 684 g/mol. The van der Waals surface area contributed by atoms with Crippen LogP contribution in [0.4, 0.5) is 0 Å². The van der Waals surface area contributed by atoms with Gasteiger partial charge in [-0.3, -0.25) is 9.05 Å². The van der Waals surface area contributed by atoms with Crippen LogP contribution in [0.15, 0.2) is 24.3 Å². The first-order valence-electron chi connectivity index (χ1n) is 14.9. The van der Waals surface area contributed by atoms with Crippen LogP contribution >= 0.6 is 30.4 Å². The maximum Gasteiger partial charge on any atom is 0.472 e. The van der Waals surface area contributed by atoms with Gasteiger partial charge >= 0.3 is 7.82 Å². The van der Waals surface area contributed by atoms with E-state index in [-0.39, 0.29) is 13.2 Å². The normalized spacial score (nSPS) is 14.4. The molecular weight excluding hydrogens is 628 g/mol. The van der Waals surface area contributed by atoms with Gasteiger partial charge in [-0.1, -0.05) is 82.8 Å². The third-order valence-corrected chi connectivity index (χ3v) is 8.45. The van der Waals surface area contributed by atoms with Crippen LogP contribution in [0.1, 0.15) is 89.0 Å². The predicted octanol–water partition coefficient (Wildman–Crippen LogP) is 7.78. The number of benzene rings is 1. The largest absolute Gasteiger partial charge is 0.472 e. The van der Waals surface area contributed by atoms with Gasteiger partial charge in [0.1, 0.15) is 19.3 Å². The highest BCUT2D eigenvalue weighted by Crippen LogP contribution is 2.43. The standard InChI is InChI=1S/C30H55INO6P/c1-32(2,3)23-25-37-39(33,34)38-27-30(35-4)26-36-24-17-15-13-11-9-7-5-6-8-10-12-14-16-18-28-19-21-29(31)22-20-28/h19-22,30H,5-18,23-27H2,1-4H3/p+1. The van der Waals surface area contributed by atoms with E-state index in [9.17, 15) is 9.46 Å². The highest BCUT2D eigenvalue weighted by atomic mass is 127. The second kappa shape index (κ2) is 22.5. The van der Waals surface area contributed by atoms with Gasteiger partial charge in [0.15, 0.2) is 0 Å². The van der Waals surface area contributed by atoms with Crippen LogP contribution in [-0.4, -0.2) is 76.7 Å². The number of rotatable bonds is 26. The fourth-order valence-electron chi connectivity index (χ4n) is 4.17. The zero-order valence-electron chi connectivity index (χ0n) is 25.1. The number of hydrogen-bond acceptors (Lipinski definition) is 5. The molecule has 1 aromatic rings. The Morgan fingerprint density at radius 3 is 1.79 bits per heavy atom. The van der Waals surface area contributed by atoms with Crippen molar-refractivity contribution in [2.24, 2.45) is 0 Å². The minimum absolute atomic E-state index is 0.0392. The first kappa shape index (κ1) is 37.0. The van der Waals surface area contributed by atoms with E-state index in [2.05, 4.69) is 46.9 Å². The van der Waals surface area contributed by atoms with Gasteiger partial charge in [-0.25, -0.2) is 4.57 Å². The molecule has 0 aliphatic rings. The average molecular weight is 685 g/mol. The second-order valence-electron chi connectivity index (χ2n) is 11.5. The number of hydrogen-bond donors (Lipinski definition) is 1. The minimum Gasteiger partial charge on any atom is -0.379 e. The van der Waals surface area contributed by atoms with Crippen LogP contribution in [0.3, 0.4) is 0 Å². The topological polar surface area (TPSA) is 74.2 Å². The molecule has 0 radical (unpaired) electrons. The molecule has 0 amide bonds. The summed E-state index contributed by atoms with van der Waals surface area (Å²) in [6.45, 7) is 1.73. The van der Waals surface area contributed by atoms with Crippen molar-refractivity contribution in [1.29, 1.82) is 0 Å². The molecule has 1 rings (SSSR count). The maximum atomic E-state index is 12.0. The van der Waals surface area contributed by atoms with Crippen molar-refractivity contribution < 1.29 is 32.5 Å². The van der Waals surface area contributed by atoms with Crippen molar-refractivity contribution in [2.45, 2.75) is 96.0 Å². The van der Waals surface area contributed by atoms with Crippen LogP contribution in [0.25, 0.3) is 0 Å². The summed E-state index contributed by atoms with van der Waals surface area (Å²) in [7, 11) is 3.44. The first-order valence-corrected chi connectivity index (χ1v) is 17.5. The third-order valence-electron chi connectivity index (χ3n) is 6.74. The summed E-state index contributed by atoms with van der Waals surface area (Å²) in [5.74, 6) is 0. The lowest BCUT2D eigenvalue weighted by atomic mass is 10.0. The number of nitrogens with zero attached hydrogens (tertiary/aromatic N) is 1. The van der Waals surface area contributed by atoms with Gasteiger partial charge in [0.25, 0.3) is 0 Å². The van der Waals surface area contributed by atoms with Gasteiger partial charge in [0.05, 0.1) is 34.4 Å². The summed E-state index contributed by atoms with van der Waals surface area (Å²) in [4.78, 5) is 9.81. The van der Waals surface area contributed by atoms with Crippen LogP contribution in [-0.2, 0) is 29.5 Å². The second-order valence-corrected chi connectivity index (χ2v) is 14.2. The number of ether oxygens (including phenoxy) is 2. The number of phosphoric acid groups is 1. The Kier molecular flexibility index (Phi) is 21.4. The van der Waals surface area contributed by atoms with Gasteiger partial charge in [0.2, 0.25) is 0 Å². The fraction of sp³-hybridized carbons (Fsp3) is 0.800. The van der Waals surface area contributed by atoms with Gasteiger partial charge < -0.3 is 18.9 Å². The molecule has 228 valence electrons. The van der Waals surface area contributed by atoms with Gasteiger partial charge in [-0.2, -0.15) is 0 Å². The van der Waals surface area contributed by atoms with Crippen molar-refractivity contribution in [3.63, 3.8) is 0 Å². The Balaban J connectivity index is 1.86. The SMILES string of the molecule is COC(COCCCCCCCCCCCCCCCc1ccc(I)cc1)COP(=O)(O)OCC[N+](C)(C)C. The van der Waals surface area contributed by atoms with Crippen molar-refractivity contribution >= 4 is 30.4 Å². The van der Waals surface area contributed by atoms with Crippen molar-refractivity contribution in [1.82, 2.24) is 0 Å². The first-order chi connectivity index (χ1) is 18.6. The lowest BCUT2D eigenvalue weighted by molar-refractivity contribution is -0.870. The van der Waals surface area contributed by atoms with Gasteiger partial charge in [-0.05, 0) is 59.5 Å². The lowest BCUT2D eigenvalue weighted by Crippen LogP contribution is -2.37. The molecule has 0 aliphatic heterocycles. The summed E-state index contributed by atoms with van der Waals surface area (Å²) in [5, 5.41) is 0. The molecule has 0 aromatic heterocycles. The van der Waals surface area contributed by atoms with E-state index >= 15 is 0 Å². The summed E-state index contributed by atoms with van der Waals surface area (Å²) in [6, 6.07) is 8.93. The zero-order valence-corrected chi connectivity index (χ0v) is 28.1. The summed E-state index contributed by atoms with van der Waals surface area (Å²) >= 11 is 2.36. The molecule has 1 N–H and O–H groups in total. The predicted molar refractivity (Wildman–Crippen MR) is 169 cm³/mol. The molecule has 0 fully saturated rings. The summed E-state index contributed by atoms with van der Waals surface area (Å²) in [5.41, 5.74) is 1.47. The number of likely N-dealkylation sites (N-methyl/N-ethyl adjacent to an activating group) is 1. The smallest absolute Gasteiger partial charge is 0.379 e. The summed E-state index contributed by atoms with van der Waals surface area (Å²) in [6.07, 6.45) is 17.8. The Morgan fingerprint density at radius 1 is 0.769 bits per heavy atom. The van der Waals surface area contributed by atoms with Gasteiger partial charge in [-0.15, -0.1) is 0 Å². The molecule has 0 heterocycles. The van der Waals surface area contributed by atoms with E-state index in [0.717, 1.165) is 6.42 Å². The molecule has 0 saturated heterocycles. The quantitative estimate of drug-likeness (QED) is 0.0465. The Hall–Kier alpha value is -0.0600. The fourth-order valence-corrected chi connectivity index (χ4v) is 5.27. The van der Waals surface area contributed by atoms with Crippen molar-refractivity contribution in [2.75, 3.05) is 61.2 Å². The Labute approximate surface area is 252 Å². The van der Waals surface area contributed by atoms with Crippen molar-refractivity contribution in [3.05, 3.63) is 33.4 Å². The maximum absolute atomic E-state index is 12.0. The molecule has 9 heteroatoms. The molecule has 2 atom stereocenters. The molecule has 39 heavy (non-hydrogen) atoms. The molecule has 7 nitrogen and oxygen atoms in total. The zero-order chi connectivity index (χ0) is 28.8. The number of unbranched alkanes of at least 4 members (excludes halogenated alkanes) is 12. The van der Waals surface area contributed by atoms with E-state index in [1.165, 1.54) is 92.6 Å². The number of quaternary nitrogens is 1. The highest BCUT2D eigenvalue weighted by Gasteiger charge is 2.24. The Bertz CT molecular complexity index is 759. The van der Waals surface area contributed by atoms with E-state index in [1.807, 2.05) is 21.1 Å². The molecule has 0 bridgehead atoms. The van der Waals surface area contributed by atoms with Crippen LogP contribution in [0, 0.1) is 3.57 Å². The lowest BCUT2D eigenvalue weighted by Gasteiger charge is -2.24. The van der Waals surface area contributed by atoms with Crippen LogP contribution < -0.4 is 0 Å². The van der Waals surface area contributed by atoms with E-state index in [0.29, 0.717) is 24.2 Å². The molecule has 0 spiro atoms. The van der Waals surface area contributed by atoms with Crippen LogP contribution in [0.2, 0.25) is 0 Å². The average Bonchev–Trinajstić information content (AvgIpc) is 2.87. The molecule has 2 unspecified atom stereocenters.